The van der Waals surface area contributed by atoms with E-state index in [0.29, 0.717) is 33.8 Å². The van der Waals surface area contributed by atoms with Gasteiger partial charge in [-0.2, -0.15) is 0 Å². The van der Waals surface area contributed by atoms with Crippen LogP contribution in [0.1, 0.15) is 60.9 Å². The molecule has 1 fully saturated rings. The maximum absolute atomic E-state index is 12.8. The molecule has 28 heavy (non-hydrogen) atoms. The number of carbonyl (C=O) groups excluding carboxylic acids is 3. The summed E-state index contributed by atoms with van der Waals surface area (Å²) in [5.74, 6) is -0.865. The number of aromatic nitrogens is 1. The van der Waals surface area contributed by atoms with Crippen LogP contribution in [0.15, 0.2) is 18.2 Å². The van der Waals surface area contributed by atoms with E-state index in [1.807, 2.05) is 11.8 Å². The first-order chi connectivity index (χ1) is 13.3. The molecule has 3 rings (SSSR count). The number of amides is 2. The van der Waals surface area contributed by atoms with Crippen LogP contribution >= 0.6 is 0 Å². The SMILES string of the molecule is COC(=O)c1c(C)[nH]c(C(=O)Nc2cccc(C(=O)N3CCCC3)c2C)c1C. The Kier molecular flexibility index (Phi) is 5.53. The van der Waals surface area contributed by atoms with Crippen LogP contribution in [0.3, 0.4) is 0 Å². The fraction of sp³-hybridized carbons (Fsp3) is 0.381. The Morgan fingerprint density at radius 2 is 1.75 bits per heavy atom. The summed E-state index contributed by atoms with van der Waals surface area (Å²) in [4.78, 5) is 42.3. The van der Waals surface area contributed by atoms with Crippen LogP contribution < -0.4 is 5.32 Å². The van der Waals surface area contributed by atoms with Crippen molar-refractivity contribution in [1.29, 1.82) is 0 Å². The fourth-order valence-corrected chi connectivity index (χ4v) is 3.66. The van der Waals surface area contributed by atoms with E-state index in [0.717, 1.165) is 31.5 Å². The van der Waals surface area contributed by atoms with Crippen molar-refractivity contribution >= 4 is 23.5 Å². The van der Waals surface area contributed by atoms with Crippen LogP contribution in [0, 0.1) is 20.8 Å². The molecule has 2 N–H and O–H groups in total. The summed E-state index contributed by atoms with van der Waals surface area (Å²) < 4.78 is 4.79. The average Bonchev–Trinajstić information content (AvgIpc) is 3.30. The molecule has 2 amide bonds. The Hall–Kier alpha value is -3.09. The highest BCUT2D eigenvalue weighted by molar-refractivity contribution is 6.08. The normalized spacial score (nSPS) is 13.5. The Labute approximate surface area is 164 Å². The number of nitrogens with one attached hydrogen (secondary N) is 2. The molecule has 1 aliphatic heterocycles. The summed E-state index contributed by atoms with van der Waals surface area (Å²) in [5, 5.41) is 2.86. The van der Waals surface area contributed by atoms with E-state index < -0.39 is 5.97 Å². The van der Waals surface area contributed by atoms with Crippen LogP contribution in [0.4, 0.5) is 5.69 Å². The number of esters is 1. The molecule has 1 aromatic heterocycles. The van der Waals surface area contributed by atoms with Gasteiger partial charge in [0.05, 0.1) is 12.7 Å². The van der Waals surface area contributed by atoms with Gasteiger partial charge in [0, 0.05) is 30.0 Å². The second kappa shape index (κ2) is 7.88. The first kappa shape index (κ1) is 19.7. The summed E-state index contributed by atoms with van der Waals surface area (Å²) in [7, 11) is 1.31. The third kappa shape index (κ3) is 3.52. The molecule has 0 aliphatic carbocycles. The molecule has 0 radical (unpaired) electrons. The zero-order valence-corrected chi connectivity index (χ0v) is 16.6. The Balaban J connectivity index is 1.86. The molecule has 0 atom stereocenters. The molecule has 0 bridgehead atoms. The number of ether oxygens (including phenoxy) is 1. The molecule has 2 aromatic rings. The van der Waals surface area contributed by atoms with E-state index in [2.05, 4.69) is 10.3 Å². The number of aryl methyl sites for hydroxylation is 1. The van der Waals surface area contributed by atoms with Gasteiger partial charge in [-0.05, 0) is 56.9 Å². The Bertz CT molecular complexity index is 939. The number of hydrogen-bond acceptors (Lipinski definition) is 4. The topological polar surface area (TPSA) is 91.5 Å². The molecule has 148 valence electrons. The number of nitrogens with zero attached hydrogens (tertiary/aromatic N) is 1. The van der Waals surface area contributed by atoms with E-state index >= 15 is 0 Å². The highest BCUT2D eigenvalue weighted by Crippen LogP contribution is 2.24. The van der Waals surface area contributed by atoms with Crippen molar-refractivity contribution in [2.75, 3.05) is 25.5 Å². The van der Waals surface area contributed by atoms with E-state index in [4.69, 9.17) is 4.74 Å². The van der Waals surface area contributed by atoms with Gasteiger partial charge in [0.1, 0.15) is 5.69 Å². The molecule has 1 saturated heterocycles. The summed E-state index contributed by atoms with van der Waals surface area (Å²) in [6, 6.07) is 5.31. The maximum Gasteiger partial charge on any atom is 0.339 e. The summed E-state index contributed by atoms with van der Waals surface area (Å²) in [5.41, 5.74) is 3.65. The predicted octanol–water partition coefficient (Wildman–Crippen LogP) is 3.21. The number of rotatable bonds is 4. The lowest BCUT2D eigenvalue weighted by Crippen LogP contribution is -2.28. The summed E-state index contributed by atoms with van der Waals surface area (Å²) >= 11 is 0. The van der Waals surface area contributed by atoms with Gasteiger partial charge < -0.3 is 19.9 Å². The first-order valence-corrected chi connectivity index (χ1v) is 9.32. The molecule has 7 heteroatoms. The highest BCUT2D eigenvalue weighted by atomic mass is 16.5. The average molecular weight is 383 g/mol. The molecule has 1 aliphatic rings. The van der Waals surface area contributed by atoms with Gasteiger partial charge >= 0.3 is 5.97 Å². The zero-order chi connectivity index (χ0) is 20.4. The van der Waals surface area contributed by atoms with E-state index in [1.165, 1.54) is 7.11 Å². The van der Waals surface area contributed by atoms with Gasteiger partial charge in [0.25, 0.3) is 11.8 Å². The summed E-state index contributed by atoms with van der Waals surface area (Å²) in [6.07, 6.45) is 2.05. The van der Waals surface area contributed by atoms with Gasteiger partial charge in [-0.25, -0.2) is 4.79 Å². The first-order valence-electron chi connectivity index (χ1n) is 9.32. The van der Waals surface area contributed by atoms with Crippen LogP contribution in [0.25, 0.3) is 0 Å². The van der Waals surface area contributed by atoms with E-state index in [9.17, 15) is 14.4 Å². The number of H-pyrrole nitrogens is 1. The molecule has 0 spiro atoms. The van der Waals surface area contributed by atoms with Gasteiger partial charge in [0.15, 0.2) is 0 Å². The van der Waals surface area contributed by atoms with Crippen molar-refractivity contribution in [3.8, 4) is 0 Å². The minimum Gasteiger partial charge on any atom is -0.465 e. The van der Waals surface area contributed by atoms with Gasteiger partial charge in [0.2, 0.25) is 0 Å². The lowest BCUT2D eigenvalue weighted by Gasteiger charge is -2.18. The van der Waals surface area contributed by atoms with Crippen LogP contribution in [-0.2, 0) is 4.74 Å². The molecular weight excluding hydrogens is 358 g/mol. The number of hydrogen-bond donors (Lipinski definition) is 2. The Morgan fingerprint density at radius 1 is 1.07 bits per heavy atom. The van der Waals surface area contributed by atoms with Crippen molar-refractivity contribution in [1.82, 2.24) is 9.88 Å². The van der Waals surface area contributed by atoms with Crippen LogP contribution in [0.5, 0.6) is 0 Å². The number of carbonyl (C=O) groups is 3. The molecule has 2 heterocycles. The molecule has 0 unspecified atom stereocenters. The minimum absolute atomic E-state index is 0.00836. The monoisotopic (exact) mass is 383 g/mol. The van der Waals surface area contributed by atoms with Gasteiger partial charge in [-0.3, -0.25) is 9.59 Å². The smallest absolute Gasteiger partial charge is 0.339 e. The van der Waals surface area contributed by atoms with Crippen molar-refractivity contribution in [2.45, 2.75) is 33.6 Å². The van der Waals surface area contributed by atoms with Crippen molar-refractivity contribution < 1.29 is 19.1 Å². The number of benzene rings is 1. The lowest BCUT2D eigenvalue weighted by molar-refractivity contribution is 0.0599. The largest absolute Gasteiger partial charge is 0.465 e. The zero-order valence-electron chi connectivity index (χ0n) is 16.6. The molecule has 7 nitrogen and oxygen atoms in total. The quantitative estimate of drug-likeness (QED) is 0.793. The number of aromatic amines is 1. The van der Waals surface area contributed by atoms with Crippen molar-refractivity contribution in [3.05, 3.63) is 51.8 Å². The predicted molar refractivity (Wildman–Crippen MR) is 106 cm³/mol. The summed E-state index contributed by atoms with van der Waals surface area (Å²) in [6.45, 7) is 6.78. The number of likely N-dealkylation sites (tertiary alicyclic amines) is 1. The van der Waals surface area contributed by atoms with E-state index in [1.54, 1.807) is 32.0 Å². The fourth-order valence-electron chi connectivity index (χ4n) is 3.66. The number of methoxy groups -OCH3 is 1. The maximum atomic E-state index is 12.8. The second-order valence-corrected chi connectivity index (χ2v) is 7.05. The van der Waals surface area contributed by atoms with Crippen molar-refractivity contribution in [3.63, 3.8) is 0 Å². The van der Waals surface area contributed by atoms with Gasteiger partial charge in [-0.15, -0.1) is 0 Å². The third-order valence-electron chi connectivity index (χ3n) is 5.26. The molecule has 1 aromatic carbocycles. The third-order valence-corrected chi connectivity index (χ3v) is 5.26. The lowest BCUT2D eigenvalue weighted by atomic mass is 10.0. The van der Waals surface area contributed by atoms with Crippen LogP contribution in [-0.4, -0.2) is 47.9 Å². The van der Waals surface area contributed by atoms with Gasteiger partial charge in [-0.1, -0.05) is 6.07 Å². The second-order valence-electron chi connectivity index (χ2n) is 7.05. The highest BCUT2D eigenvalue weighted by Gasteiger charge is 2.24. The van der Waals surface area contributed by atoms with Crippen LogP contribution in [0.2, 0.25) is 0 Å². The van der Waals surface area contributed by atoms with Crippen molar-refractivity contribution in [2.24, 2.45) is 0 Å². The minimum atomic E-state index is -0.486. The van der Waals surface area contributed by atoms with E-state index in [-0.39, 0.29) is 11.8 Å². The molecule has 0 saturated carbocycles. The molecular formula is C21H25N3O4. The number of anilines is 1. The standard InChI is InChI=1S/C21H25N3O4/c1-12-15(20(26)24-10-5-6-11-24)8-7-9-16(12)23-19(25)18-13(2)17(14(3)22-18)21(27)28-4/h7-9,22H,5-6,10-11H2,1-4H3,(H,23,25). The Morgan fingerprint density at radius 3 is 2.39 bits per heavy atom.